The Kier molecular flexibility index (Phi) is 9.16. The first-order chi connectivity index (χ1) is 15.3. The third-order valence-corrected chi connectivity index (χ3v) is 6.57. The number of benzene rings is 3. The van der Waals surface area contributed by atoms with Crippen LogP contribution in [0.3, 0.4) is 0 Å². The second-order valence-electron chi connectivity index (χ2n) is 7.13. The first-order valence-corrected chi connectivity index (χ1v) is 11.6. The molecule has 0 aliphatic carbocycles. The molecule has 0 aromatic heterocycles. The van der Waals surface area contributed by atoms with Gasteiger partial charge in [0, 0.05) is 25.3 Å². The molecule has 0 aliphatic rings. The molecule has 0 atom stereocenters. The Morgan fingerprint density at radius 1 is 0.806 bits per heavy atom. The van der Waals surface area contributed by atoms with Gasteiger partial charge in [0.15, 0.2) is 0 Å². The highest BCUT2D eigenvalue weighted by atomic mass is 32.2. The third-order valence-electron chi connectivity index (χ3n) is 5.02. The second kappa shape index (κ2) is 12.3. The van der Waals surface area contributed by atoms with Crippen LogP contribution in [0.2, 0.25) is 0 Å². The molecule has 0 fully saturated rings. The van der Waals surface area contributed by atoms with Crippen molar-refractivity contribution in [1.82, 2.24) is 5.32 Å². The zero-order valence-electron chi connectivity index (χ0n) is 17.7. The quantitative estimate of drug-likeness (QED) is 0.331. The summed E-state index contributed by atoms with van der Waals surface area (Å²) in [7, 11) is 0. The monoisotopic (exact) mass is 434 g/mol. The lowest BCUT2D eigenvalue weighted by molar-refractivity contribution is -0.120. The first-order valence-electron chi connectivity index (χ1n) is 10.6. The van der Waals surface area contributed by atoms with Crippen LogP contribution in [0.1, 0.15) is 23.1 Å². The van der Waals surface area contributed by atoms with Crippen LogP contribution in [0.4, 0.5) is 0 Å². The largest absolute Gasteiger partial charge is 0.378 e. The van der Waals surface area contributed by atoms with E-state index in [-0.39, 0.29) is 5.91 Å². The maximum Gasteiger partial charge on any atom is 0.220 e. The van der Waals surface area contributed by atoms with Gasteiger partial charge in [0.2, 0.25) is 5.91 Å². The van der Waals surface area contributed by atoms with Crippen molar-refractivity contribution in [2.24, 2.45) is 5.73 Å². The SMILES string of the molecule is NCCOCCNC(=O)CCSC(c1ccccc1)(c1ccccc1)c1ccccc1. The molecular weight excluding hydrogens is 404 g/mol. The Morgan fingerprint density at radius 2 is 1.29 bits per heavy atom. The van der Waals surface area contributed by atoms with E-state index in [0.717, 1.165) is 0 Å². The number of carbonyl (C=O) groups excluding carboxylic acids is 1. The summed E-state index contributed by atoms with van der Waals surface area (Å²) in [6, 6.07) is 31.6. The molecular formula is C26H30N2O2S. The van der Waals surface area contributed by atoms with Crippen molar-refractivity contribution in [3.8, 4) is 0 Å². The van der Waals surface area contributed by atoms with Crippen molar-refractivity contribution < 1.29 is 9.53 Å². The van der Waals surface area contributed by atoms with Gasteiger partial charge in [-0.1, -0.05) is 91.0 Å². The van der Waals surface area contributed by atoms with Crippen molar-refractivity contribution in [2.75, 3.05) is 32.1 Å². The van der Waals surface area contributed by atoms with Crippen molar-refractivity contribution in [2.45, 2.75) is 11.2 Å². The Morgan fingerprint density at radius 3 is 1.74 bits per heavy atom. The van der Waals surface area contributed by atoms with Crippen molar-refractivity contribution in [3.05, 3.63) is 108 Å². The van der Waals surface area contributed by atoms with Crippen LogP contribution in [0.25, 0.3) is 0 Å². The summed E-state index contributed by atoms with van der Waals surface area (Å²) in [5.41, 5.74) is 9.01. The first kappa shape index (κ1) is 23.1. The number of thioether (sulfide) groups is 1. The molecule has 5 heteroatoms. The van der Waals surface area contributed by atoms with E-state index < -0.39 is 4.75 Å². The molecule has 162 valence electrons. The topological polar surface area (TPSA) is 64.3 Å². The van der Waals surface area contributed by atoms with Gasteiger partial charge < -0.3 is 15.8 Å². The molecule has 31 heavy (non-hydrogen) atoms. The van der Waals surface area contributed by atoms with Crippen LogP contribution in [-0.2, 0) is 14.3 Å². The van der Waals surface area contributed by atoms with Gasteiger partial charge in [-0.3, -0.25) is 4.79 Å². The van der Waals surface area contributed by atoms with E-state index in [1.807, 2.05) is 18.2 Å². The zero-order valence-corrected chi connectivity index (χ0v) is 18.5. The summed E-state index contributed by atoms with van der Waals surface area (Å²) in [4.78, 5) is 12.4. The maximum atomic E-state index is 12.4. The Bertz CT molecular complexity index is 808. The molecule has 3 N–H and O–H groups in total. The van der Waals surface area contributed by atoms with Gasteiger partial charge in [0.25, 0.3) is 0 Å². The standard InChI is InChI=1S/C26H30N2O2S/c27-17-19-30-20-18-28-25(29)16-21-31-26(22-10-4-1-5-11-22,23-12-6-2-7-13-23)24-14-8-3-9-15-24/h1-15H,16-21,27H2,(H,28,29). The fourth-order valence-electron chi connectivity index (χ4n) is 3.60. The van der Waals surface area contributed by atoms with Crippen molar-refractivity contribution in [3.63, 3.8) is 0 Å². The summed E-state index contributed by atoms with van der Waals surface area (Å²) < 4.78 is 4.93. The van der Waals surface area contributed by atoms with Gasteiger partial charge in [0.05, 0.1) is 18.0 Å². The minimum Gasteiger partial charge on any atom is -0.378 e. The van der Waals surface area contributed by atoms with E-state index in [2.05, 4.69) is 78.1 Å². The van der Waals surface area contributed by atoms with Gasteiger partial charge in [-0.15, -0.1) is 11.8 Å². The summed E-state index contributed by atoms with van der Waals surface area (Å²) in [6.45, 7) is 1.99. The molecule has 0 spiro atoms. The van der Waals surface area contributed by atoms with Gasteiger partial charge in [-0.05, 0) is 16.7 Å². The van der Waals surface area contributed by atoms with E-state index in [1.54, 1.807) is 11.8 Å². The fraction of sp³-hybridized carbons (Fsp3) is 0.269. The number of nitrogens with one attached hydrogen (secondary N) is 1. The van der Waals surface area contributed by atoms with Gasteiger partial charge >= 0.3 is 0 Å². The van der Waals surface area contributed by atoms with Crippen LogP contribution in [-0.4, -0.2) is 38.0 Å². The van der Waals surface area contributed by atoms with E-state index in [1.165, 1.54) is 16.7 Å². The number of ether oxygens (including phenoxy) is 1. The Balaban J connectivity index is 1.81. The molecule has 0 heterocycles. The zero-order chi connectivity index (χ0) is 21.8. The molecule has 1 amide bonds. The summed E-state index contributed by atoms with van der Waals surface area (Å²) in [6.07, 6.45) is 0.440. The third kappa shape index (κ3) is 6.20. The number of hydrogen-bond donors (Lipinski definition) is 2. The van der Waals surface area contributed by atoms with Crippen LogP contribution in [0.5, 0.6) is 0 Å². The number of nitrogens with two attached hydrogens (primary N) is 1. The van der Waals surface area contributed by atoms with Crippen molar-refractivity contribution >= 4 is 17.7 Å². The molecule has 3 aromatic carbocycles. The minimum atomic E-state index is -0.395. The van der Waals surface area contributed by atoms with E-state index in [9.17, 15) is 4.79 Å². The normalized spacial score (nSPS) is 11.3. The summed E-state index contributed by atoms with van der Waals surface area (Å²) in [5.74, 6) is 0.723. The maximum absolute atomic E-state index is 12.4. The van der Waals surface area contributed by atoms with E-state index in [0.29, 0.717) is 38.5 Å². The van der Waals surface area contributed by atoms with Gasteiger partial charge in [0.1, 0.15) is 0 Å². The number of carbonyl (C=O) groups is 1. The van der Waals surface area contributed by atoms with Crippen LogP contribution in [0, 0.1) is 0 Å². The highest BCUT2D eigenvalue weighted by Crippen LogP contribution is 2.48. The molecule has 0 radical (unpaired) electrons. The number of rotatable bonds is 12. The molecule has 0 unspecified atom stereocenters. The van der Waals surface area contributed by atoms with Crippen LogP contribution >= 0.6 is 11.8 Å². The Labute approximate surface area is 189 Å². The predicted octanol–water partition coefficient (Wildman–Crippen LogP) is 4.19. The molecule has 3 rings (SSSR count). The lowest BCUT2D eigenvalue weighted by Crippen LogP contribution is -2.30. The smallest absolute Gasteiger partial charge is 0.220 e. The predicted molar refractivity (Wildman–Crippen MR) is 129 cm³/mol. The Hall–Kier alpha value is -2.60. The van der Waals surface area contributed by atoms with E-state index >= 15 is 0 Å². The molecule has 0 aliphatic heterocycles. The highest BCUT2D eigenvalue weighted by molar-refractivity contribution is 8.00. The van der Waals surface area contributed by atoms with Gasteiger partial charge in [-0.2, -0.15) is 0 Å². The van der Waals surface area contributed by atoms with E-state index in [4.69, 9.17) is 10.5 Å². The average molecular weight is 435 g/mol. The molecule has 0 saturated heterocycles. The number of hydrogen-bond acceptors (Lipinski definition) is 4. The lowest BCUT2D eigenvalue weighted by Gasteiger charge is -2.35. The van der Waals surface area contributed by atoms with Crippen molar-refractivity contribution in [1.29, 1.82) is 0 Å². The minimum absolute atomic E-state index is 0.0342. The van der Waals surface area contributed by atoms with Gasteiger partial charge in [-0.25, -0.2) is 0 Å². The average Bonchev–Trinajstić information content (AvgIpc) is 2.83. The van der Waals surface area contributed by atoms with Crippen LogP contribution < -0.4 is 11.1 Å². The molecule has 4 nitrogen and oxygen atoms in total. The highest BCUT2D eigenvalue weighted by Gasteiger charge is 2.36. The fourth-order valence-corrected chi connectivity index (χ4v) is 5.10. The second-order valence-corrected chi connectivity index (χ2v) is 8.44. The lowest BCUT2D eigenvalue weighted by atomic mass is 9.84. The molecule has 3 aromatic rings. The molecule has 0 bridgehead atoms. The molecule has 0 saturated carbocycles. The summed E-state index contributed by atoms with van der Waals surface area (Å²) in [5, 5.41) is 2.93. The van der Waals surface area contributed by atoms with Crippen LogP contribution in [0.15, 0.2) is 91.0 Å². The number of amides is 1. The summed E-state index contributed by atoms with van der Waals surface area (Å²) >= 11 is 1.80.